The predicted molar refractivity (Wildman–Crippen MR) is 70.4 cm³/mol. The highest BCUT2D eigenvalue weighted by Gasteiger charge is 2.20. The molecule has 2 rings (SSSR count). The van der Waals surface area contributed by atoms with E-state index in [-0.39, 0.29) is 10.9 Å². The van der Waals surface area contributed by atoms with Crippen LogP contribution in [-0.4, -0.2) is 17.4 Å². The third kappa shape index (κ3) is 4.03. The molecule has 0 aliphatic heterocycles. The van der Waals surface area contributed by atoms with Crippen LogP contribution >= 0.6 is 11.6 Å². The van der Waals surface area contributed by atoms with E-state index in [4.69, 9.17) is 11.6 Å². The second kappa shape index (κ2) is 6.29. The van der Waals surface area contributed by atoms with Gasteiger partial charge in [0.2, 0.25) is 0 Å². The molecular weight excluding hydrogens is 272 g/mol. The third-order valence-electron chi connectivity index (χ3n) is 2.21. The first-order valence-corrected chi connectivity index (χ1v) is 5.72. The van der Waals surface area contributed by atoms with Crippen LogP contribution in [0.3, 0.4) is 0 Å². The van der Waals surface area contributed by atoms with Gasteiger partial charge in [-0.15, -0.1) is 0 Å². The fourth-order valence-corrected chi connectivity index (χ4v) is 1.60. The fraction of sp³-hybridized carbons (Fsp3) is 0. The van der Waals surface area contributed by atoms with Crippen LogP contribution < -0.4 is 0 Å². The van der Waals surface area contributed by atoms with Gasteiger partial charge in [-0.2, -0.15) is 0 Å². The van der Waals surface area contributed by atoms with Crippen molar-refractivity contribution in [3.05, 3.63) is 59.1 Å². The van der Waals surface area contributed by atoms with E-state index in [1.165, 1.54) is 18.5 Å². The van der Waals surface area contributed by atoms with Gasteiger partial charge in [0.25, 0.3) is 0 Å². The zero-order chi connectivity index (χ0) is 13.7. The topological polar surface area (TPSA) is 35.0 Å². The number of aromatic nitrogens is 2. The summed E-state index contributed by atoms with van der Waals surface area (Å²) >= 11 is 5.71. The Bertz CT molecular complexity index is 581. The molecule has 0 amide bonds. The molecular formula is C12H8BClF2N2O. The number of hydrogen-bond donors (Lipinski definition) is 0. The van der Waals surface area contributed by atoms with Crippen molar-refractivity contribution in [2.75, 3.05) is 0 Å². The number of halogens is 3. The Morgan fingerprint density at radius 1 is 1.21 bits per heavy atom. The van der Waals surface area contributed by atoms with Crippen LogP contribution in [0, 0.1) is 0 Å². The third-order valence-corrected chi connectivity index (χ3v) is 2.41. The Kier molecular flexibility index (Phi) is 4.46. The first kappa shape index (κ1) is 13.5. The normalized spacial score (nSPS) is 11.2. The molecule has 96 valence electrons. The molecule has 19 heavy (non-hydrogen) atoms. The maximum atomic E-state index is 12.4. The molecule has 0 fully saturated rings. The van der Waals surface area contributed by atoms with Gasteiger partial charge in [0, 0.05) is 17.7 Å². The van der Waals surface area contributed by atoms with Gasteiger partial charge in [-0.3, -0.25) is 0 Å². The molecule has 0 saturated heterocycles. The molecule has 0 aliphatic carbocycles. The fourth-order valence-electron chi connectivity index (χ4n) is 1.44. The number of hydrogen-bond acceptors (Lipinski definition) is 3. The summed E-state index contributed by atoms with van der Waals surface area (Å²) in [4.78, 5) is 7.63. The van der Waals surface area contributed by atoms with Gasteiger partial charge < -0.3 is 4.65 Å². The van der Waals surface area contributed by atoms with E-state index in [1.54, 1.807) is 30.3 Å². The lowest BCUT2D eigenvalue weighted by molar-refractivity contribution is 0.398. The summed E-state index contributed by atoms with van der Waals surface area (Å²) in [5.41, 5.74) is 0.914. The second-order valence-electron chi connectivity index (χ2n) is 3.52. The van der Waals surface area contributed by atoms with Crippen LogP contribution in [0.2, 0.25) is 5.15 Å². The molecule has 0 aliphatic rings. The molecule has 0 unspecified atom stereocenters. The first-order valence-electron chi connectivity index (χ1n) is 5.34. The summed E-state index contributed by atoms with van der Waals surface area (Å²) < 4.78 is 29.4. The van der Waals surface area contributed by atoms with Crippen LogP contribution in [0.15, 0.2) is 42.7 Å². The molecule has 0 radical (unpaired) electrons. The van der Waals surface area contributed by atoms with Crippen molar-refractivity contribution in [1.29, 1.82) is 0 Å². The van der Waals surface area contributed by atoms with Crippen LogP contribution in [-0.2, 0) is 4.65 Å². The summed E-state index contributed by atoms with van der Waals surface area (Å²) in [5.74, 6) is 0.0189. The molecule has 0 saturated carbocycles. The van der Waals surface area contributed by atoms with Gasteiger partial charge in [0.05, 0.1) is 5.69 Å². The van der Waals surface area contributed by atoms with Gasteiger partial charge in [0.15, 0.2) is 0 Å². The van der Waals surface area contributed by atoms with Gasteiger partial charge >= 0.3 is 7.47 Å². The lowest BCUT2D eigenvalue weighted by Gasteiger charge is -2.08. The van der Waals surface area contributed by atoms with E-state index >= 15 is 0 Å². The smallest absolute Gasteiger partial charge is 0.505 e. The van der Waals surface area contributed by atoms with E-state index in [9.17, 15) is 8.63 Å². The molecule has 3 nitrogen and oxygen atoms in total. The van der Waals surface area contributed by atoms with Gasteiger partial charge in [-0.1, -0.05) is 41.9 Å². The molecule has 0 atom stereocenters. The Labute approximate surface area is 114 Å². The second-order valence-corrected chi connectivity index (χ2v) is 3.91. The van der Waals surface area contributed by atoms with Gasteiger partial charge in [-0.05, 0) is 0 Å². The Hall–Kier alpha value is -1.95. The number of nitrogens with zero attached hydrogens (tertiary/aromatic N) is 2. The van der Waals surface area contributed by atoms with Crippen LogP contribution in [0.5, 0.6) is 0 Å². The quantitative estimate of drug-likeness (QED) is 0.488. The molecule has 1 aromatic heterocycles. The van der Waals surface area contributed by atoms with Crippen molar-refractivity contribution in [1.82, 2.24) is 9.97 Å². The Morgan fingerprint density at radius 3 is 2.58 bits per heavy atom. The molecule has 1 aromatic carbocycles. The average molecular weight is 280 g/mol. The van der Waals surface area contributed by atoms with Crippen molar-refractivity contribution in [2.45, 2.75) is 0 Å². The molecule has 1 heterocycles. The van der Waals surface area contributed by atoms with Crippen molar-refractivity contribution in [2.24, 2.45) is 0 Å². The minimum Gasteiger partial charge on any atom is -0.505 e. The average Bonchev–Trinajstić information content (AvgIpc) is 2.38. The summed E-state index contributed by atoms with van der Waals surface area (Å²) in [6.07, 6.45) is 2.63. The predicted octanol–water partition coefficient (Wildman–Crippen LogP) is 3.57. The minimum absolute atomic E-state index is 0.0189. The highest BCUT2D eigenvalue weighted by molar-refractivity contribution is 6.36. The van der Waals surface area contributed by atoms with Crippen LogP contribution in [0.4, 0.5) is 8.63 Å². The largest absolute Gasteiger partial charge is 0.796 e. The molecule has 0 spiro atoms. The molecule has 0 bridgehead atoms. The Balaban J connectivity index is 2.38. The number of rotatable bonds is 4. The van der Waals surface area contributed by atoms with Gasteiger partial charge in [-0.25, -0.2) is 18.6 Å². The molecule has 7 heteroatoms. The monoisotopic (exact) mass is 280 g/mol. The van der Waals surface area contributed by atoms with Crippen LogP contribution in [0.25, 0.3) is 11.8 Å². The van der Waals surface area contributed by atoms with Crippen LogP contribution in [0.1, 0.15) is 11.3 Å². The maximum Gasteiger partial charge on any atom is 0.796 e. The zero-order valence-corrected chi connectivity index (χ0v) is 10.4. The van der Waals surface area contributed by atoms with Crippen molar-refractivity contribution < 1.29 is 13.3 Å². The van der Waals surface area contributed by atoms with E-state index < -0.39 is 7.47 Å². The summed E-state index contributed by atoms with van der Waals surface area (Å²) in [7, 11) is -2.91. The molecule has 0 N–H and O–H groups in total. The van der Waals surface area contributed by atoms with Crippen molar-refractivity contribution in [3.8, 4) is 0 Å². The van der Waals surface area contributed by atoms with E-state index in [0.717, 1.165) is 0 Å². The number of benzene rings is 1. The summed E-state index contributed by atoms with van der Waals surface area (Å²) in [6, 6.07) is 10.0. The first-order chi connectivity index (χ1) is 9.15. The lowest BCUT2D eigenvalue weighted by Crippen LogP contribution is -2.04. The van der Waals surface area contributed by atoms with E-state index in [2.05, 4.69) is 14.6 Å². The SMILES string of the molecule is FB(F)O/C(=C/c1cc(Cl)ncn1)c1ccccc1. The van der Waals surface area contributed by atoms with Crippen molar-refractivity contribution in [3.63, 3.8) is 0 Å². The minimum atomic E-state index is -2.91. The zero-order valence-electron chi connectivity index (χ0n) is 9.63. The summed E-state index contributed by atoms with van der Waals surface area (Å²) in [6.45, 7) is 0. The maximum absolute atomic E-state index is 12.4. The van der Waals surface area contributed by atoms with E-state index in [0.29, 0.717) is 11.3 Å². The van der Waals surface area contributed by atoms with Gasteiger partial charge in [0.1, 0.15) is 17.2 Å². The summed E-state index contributed by atoms with van der Waals surface area (Å²) in [5, 5.41) is 0.228. The molecule has 2 aromatic rings. The standard InChI is InChI=1S/C12H8BClF2N2O/c14-12-7-10(17-8-18-12)6-11(19-13(15)16)9-4-2-1-3-5-9/h1-8H/b11-6+. The lowest BCUT2D eigenvalue weighted by atomic mass is 10.1. The highest BCUT2D eigenvalue weighted by Crippen LogP contribution is 2.20. The van der Waals surface area contributed by atoms with Crippen molar-refractivity contribution >= 4 is 30.9 Å². The Morgan fingerprint density at radius 2 is 1.95 bits per heavy atom. The highest BCUT2D eigenvalue weighted by atomic mass is 35.5. The van der Waals surface area contributed by atoms with E-state index in [1.807, 2.05) is 0 Å².